The van der Waals surface area contributed by atoms with Gasteiger partial charge in [-0.05, 0) is 70.6 Å². The quantitative estimate of drug-likeness (QED) is 0.0509. The lowest BCUT2D eigenvalue weighted by Gasteiger charge is -2.15. The van der Waals surface area contributed by atoms with Gasteiger partial charge >= 0.3 is 5.97 Å². The van der Waals surface area contributed by atoms with Gasteiger partial charge in [-0.1, -0.05) is 137 Å². The van der Waals surface area contributed by atoms with Crippen LogP contribution in [0.1, 0.15) is 129 Å². The van der Waals surface area contributed by atoms with Crippen LogP contribution in [0.3, 0.4) is 0 Å². The normalized spacial score (nSPS) is 13.5. The molecule has 0 fully saturated rings. The first kappa shape index (κ1) is 40.6. The van der Waals surface area contributed by atoms with Gasteiger partial charge in [-0.15, -0.1) is 0 Å². The second-order valence-corrected chi connectivity index (χ2v) is 10.8. The molecule has 0 aromatic rings. The summed E-state index contributed by atoms with van der Waals surface area (Å²) in [6, 6.07) is 0. The van der Waals surface area contributed by atoms with Gasteiger partial charge in [-0.25, -0.2) is 0 Å². The molecule has 0 aliphatic carbocycles. The SMILES string of the molecule is CC/C=C\C/C=C\C/C=C\C/C=C\CCC(=O)OC(CO)COCCCCCCCCCC/C=C\C/C=C\C/C=C\CC. The fraction of sp³-hybridized carbons (Fsp3) is 0.615. The van der Waals surface area contributed by atoms with Crippen molar-refractivity contribution in [2.45, 2.75) is 136 Å². The Morgan fingerprint density at radius 2 is 0.977 bits per heavy atom. The van der Waals surface area contributed by atoms with Gasteiger partial charge in [0.25, 0.3) is 0 Å². The second-order valence-electron chi connectivity index (χ2n) is 10.8. The van der Waals surface area contributed by atoms with Crippen LogP contribution in [0.4, 0.5) is 0 Å². The van der Waals surface area contributed by atoms with E-state index < -0.39 is 6.10 Å². The number of allylic oxidation sites excluding steroid dienone is 14. The summed E-state index contributed by atoms with van der Waals surface area (Å²) >= 11 is 0. The minimum atomic E-state index is -0.579. The minimum absolute atomic E-state index is 0.209. The van der Waals surface area contributed by atoms with E-state index in [9.17, 15) is 9.90 Å². The Bertz CT molecular complexity index is 800. The van der Waals surface area contributed by atoms with E-state index in [1.165, 1.54) is 44.9 Å². The number of rotatable bonds is 30. The molecule has 4 heteroatoms. The van der Waals surface area contributed by atoms with Crippen LogP contribution in [0.15, 0.2) is 85.1 Å². The Morgan fingerprint density at radius 1 is 0.558 bits per heavy atom. The second kappa shape index (κ2) is 35.8. The molecule has 0 saturated heterocycles. The Morgan fingerprint density at radius 3 is 1.47 bits per heavy atom. The van der Waals surface area contributed by atoms with Crippen molar-refractivity contribution in [2.24, 2.45) is 0 Å². The highest BCUT2D eigenvalue weighted by Crippen LogP contribution is 2.10. The minimum Gasteiger partial charge on any atom is -0.457 e. The molecule has 1 unspecified atom stereocenters. The zero-order chi connectivity index (χ0) is 31.3. The molecule has 1 atom stereocenters. The zero-order valence-electron chi connectivity index (χ0n) is 27.7. The standard InChI is InChI=1S/C39H64O4/c1-3-5-7-9-11-13-15-17-18-19-20-21-23-25-27-29-31-33-35-42-37-38(36-40)43-39(41)34-32-30-28-26-24-22-16-14-12-10-8-6-4-2/h5-8,11-14,17-18,22,24,28,30,38,40H,3-4,9-10,15-16,19-21,23,25-27,29,31-37H2,1-2H3/b7-5-,8-6-,13-11-,14-12-,18-17-,24-22-,30-28-. The molecule has 244 valence electrons. The maximum Gasteiger partial charge on any atom is 0.306 e. The summed E-state index contributed by atoms with van der Waals surface area (Å²) in [5, 5.41) is 9.52. The molecular formula is C39H64O4. The van der Waals surface area contributed by atoms with E-state index in [1.807, 2.05) is 6.08 Å². The first-order valence-electron chi connectivity index (χ1n) is 17.2. The third kappa shape index (κ3) is 33.9. The number of carbonyl (C=O) groups excluding carboxylic acids is 1. The van der Waals surface area contributed by atoms with E-state index in [0.717, 1.165) is 57.8 Å². The molecule has 0 saturated carbocycles. The Hall–Kier alpha value is -2.43. The molecule has 0 aliphatic heterocycles. The van der Waals surface area contributed by atoms with Gasteiger partial charge in [0.2, 0.25) is 0 Å². The number of aliphatic hydroxyl groups is 1. The molecule has 0 heterocycles. The van der Waals surface area contributed by atoms with Crippen LogP contribution in [0.5, 0.6) is 0 Å². The van der Waals surface area contributed by atoms with Gasteiger partial charge in [-0.2, -0.15) is 0 Å². The predicted molar refractivity (Wildman–Crippen MR) is 186 cm³/mol. The molecule has 1 N–H and O–H groups in total. The highest BCUT2D eigenvalue weighted by molar-refractivity contribution is 5.69. The van der Waals surface area contributed by atoms with E-state index in [1.54, 1.807) is 0 Å². The average molecular weight is 597 g/mol. The maximum absolute atomic E-state index is 12.1. The lowest BCUT2D eigenvalue weighted by molar-refractivity contribution is -0.154. The molecule has 0 bridgehead atoms. The monoisotopic (exact) mass is 596 g/mol. The zero-order valence-corrected chi connectivity index (χ0v) is 27.7. The van der Waals surface area contributed by atoms with Crippen LogP contribution in [0, 0.1) is 0 Å². The summed E-state index contributed by atoms with van der Waals surface area (Å²) in [5.74, 6) is -0.288. The molecule has 0 rings (SSSR count). The maximum atomic E-state index is 12.1. The lowest BCUT2D eigenvalue weighted by atomic mass is 10.1. The molecule has 43 heavy (non-hydrogen) atoms. The molecule has 0 spiro atoms. The third-order valence-electron chi connectivity index (χ3n) is 6.73. The fourth-order valence-corrected chi connectivity index (χ4v) is 4.24. The van der Waals surface area contributed by atoms with Crippen molar-refractivity contribution in [3.63, 3.8) is 0 Å². The van der Waals surface area contributed by atoms with Crippen LogP contribution in [-0.4, -0.2) is 37.0 Å². The van der Waals surface area contributed by atoms with E-state index in [2.05, 4.69) is 92.8 Å². The van der Waals surface area contributed by atoms with Gasteiger partial charge in [0.05, 0.1) is 13.2 Å². The van der Waals surface area contributed by atoms with Crippen LogP contribution >= 0.6 is 0 Å². The van der Waals surface area contributed by atoms with Crippen molar-refractivity contribution >= 4 is 5.97 Å². The van der Waals surface area contributed by atoms with Crippen LogP contribution in [0.2, 0.25) is 0 Å². The molecule has 0 aromatic carbocycles. The van der Waals surface area contributed by atoms with Gasteiger partial charge in [-0.3, -0.25) is 4.79 Å². The highest BCUT2D eigenvalue weighted by atomic mass is 16.6. The Kier molecular flexibility index (Phi) is 33.7. The highest BCUT2D eigenvalue weighted by Gasteiger charge is 2.13. The Labute approximate surface area is 265 Å². The van der Waals surface area contributed by atoms with Crippen molar-refractivity contribution in [1.29, 1.82) is 0 Å². The average Bonchev–Trinajstić information content (AvgIpc) is 3.01. The van der Waals surface area contributed by atoms with Crippen molar-refractivity contribution in [3.8, 4) is 0 Å². The summed E-state index contributed by atoms with van der Waals surface area (Å²) in [6.07, 6.45) is 49.2. The smallest absolute Gasteiger partial charge is 0.306 e. The first-order valence-corrected chi connectivity index (χ1v) is 17.2. The van der Waals surface area contributed by atoms with E-state index in [0.29, 0.717) is 19.4 Å². The van der Waals surface area contributed by atoms with Crippen LogP contribution in [-0.2, 0) is 14.3 Å². The Balaban J connectivity index is 3.58. The molecular weight excluding hydrogens is 532 g/mol. The topological polar surface area (TPSA) is 55.8 Å². The molecule has 0 radical (unpaired) electrons. The number of aliphatic hydroxyl groups excluding tert-OH is 1. The van der Waals surface area contributed by atoms with Crippen molar-refractivity contribution < 1.29 is 19.4 Å². The van der Waals surface area contributed by atoms with Crippen LogP contribution in [0.25, 0.3) is 0 Å². The fourth-order valence-electron chi connectivity index (χ4n) is 4.24. The third-order valence-corrected chi connectivity index (χ3v) is 6.73. The van der Waals surface area contributed by atoms with E-state index in [-0.39, 0.29) is 19.2 Å². The number of esters is 1. The number of hydrogen-bond donors (Lipinski definition) is 1. The van der Waals surface area contributed by atoms with Crippen molar-refractivity contribution in [1.82, 2.24) is 0 Å². The molecule has 0 amide bonds. The number of ether oxygens (including phenoxy) is 2. The van der Waals surface area contributed by atoms with Gasteiger partial charge in [0.15, 0.2) is 0 Å². The predicted octanol–water partition coefficient (Wildman–Crippen LogP) is 10.9. The summed E-state index contributed by atoms with van der Waals surface area (Å²) < 4.78 is 11.0. The molecule has 4 nitrogen and oxygen atoms in total. The lowest BCUT2D eigenvalue weighted by Crippen LogP contribution is -2.27. The van der Waals surface area contributed by atoms with Gasteiger partial charge < -0.3 is 14.6 Å². The largest absolute Gasteiger partial charge is 0.457 e. The van der Waals surface area contributed by atoms with Crippen LogP contribution < -0.4 is 0 Å². The molecule has 0 aliphatic rings. The number of unbranched alkanes of at least 4 members (excludes halogenated alkanes) is 8. The number of carbonyl (C=O) groups is 1. The summed E-state index contributed by atoms with van der Waals surface area (Å²) in [7, 11) is 0. The number of hydrogen-bond acceptors (Lipinski definition) is 4. The summed E-state index contributed by atoms with van der Waals surface area (Å²) in [6.45, 7) is 5.00. The first-order chi connectivity index (χ1) is 21.2. The van der Waals surface area contributed by atoms with Gasteiger partial charge in [0.1, 0.15) is 6.10 Å². The van der Waals surface area contributed by atoms with E-state index >= 15 is 0 Å². The van der Waals surface area contributed by atoms with E-state index in [4.69, 9.17) is 9.47 Å². The van der Waals surface area contributed by atoms with Gasteiger partial charge in [0, 0.05) is 13.0 Å². The summed E-state index contributed by atoms with van der Waals surface area (Å²) in [5.41, 5.74) is 0. The van der Waals surface area contributed by atoms with Crippen molar-refractivity contribution in [2.75, 3.05) is 19.8 Å². The molecule has 0 aromatic heterocycles. The summed E-state index contributed by atoms with van der Waals surface area (Å²) in [4.78, 5) is 12.1. The van der Waals surface area contributed by atoms with Crippen molar-refractivity contribution in [3.05, 3.63) is 85.1 Å².